The summed E-state index contributed by atoms with van der Waals surface area (Å²) >= 11 is 0. The molecule has 0 saturated heterocycles. The van der Waals surface area contributed by atoms with Crippen LogP contribution >= 0.6 is 0 Å². The van der Waals surface area contributed by atoms with Crippen molar-refractivity contribution in [1.82, 2.24) is 10.6 Å². The van der Waals surface area contributed by atoms with Crippen LogP contribution in [0.25, 0.3) is 0 Å². The maximum Gasteiger partial charge on any atom is 0.229 e. The van der Waals surface area contributed by atoms with Crippen molar-refractivity contribution in [3.05, 3.63) is 0 Å². The minimum Gasteiger partial charge on any atom is -0.394 e. The Morgan fingerprint density at radius 2 is 0.796 bits per heavy atom. The molecule has 5 aliphatic carbocycles. The third-order valence-corrected chi connectivity index (χ3v) is 11.5. The average molecular weight is 735 g/mol. The molecule has 0 radical (unpaired) electrons. The largest absolute Gasteiger partial charge is 0.394 e. The zero-order chi connectivity index (χ0) is 37.4. The van der Waals surface area contributed by atoms with Gasteiger partial charge in [0.05, 0.1) is 23.0 Å². The minimum atomic E-state index is -0.718. The topological polar surface area (TPSA) is 180 Å². The summed E-state index contributed by atoms with van der Waals surface area (Å²) in [5.74, 6) is 0.735. The van der Waals surface area contributed by atoms with Gasteiger partial charge in [0, 0.05) is 58.2 Å². The Morgan fingerprint density at radius 1 is 0.551 bits per heavy atom. The van der Waals surface area contributed by atoms with Gasteiger partial charge >= 0.3 is 0 Å². The summed E-state index contributed by atoms with van der Waals surface area (Å²) in [6.07, 6.45) is 6.80. The maximum absolute atomic E-state index is 13.7. The van der Waals surface area contributed by atoms with Crippen LogP contribution in [0.1, 0.15) is 147 Å². The Balaban J connectivity index is 0.00000114. The molecule has 5 saturated carbocycles. The van der Waals surface area contributed by atoms with Gasteiger partial charge in [0.2, 0.25) is 11.8 Å². The number of nitrogens with one attached hydrogen (secondary N) is 2. The predicted octanol–water partition coefficient (Wildman–Crippen LogP) is 4.45. The zero-order valence-corrected chi connectivity index (χ0v) is 34.4. The van der Waals surface area contributed by atoms with Crippen LogP contribution in [0.15, 0.2) is 0 Å². The molecule has 0 aromatic carbocycles. The first-order chi connectivity index (χ1) is 21.9. The van der Waals surface area contributed by atoms with Gasteiger partial charge in [-0.3, -0.25) is 9.59 Å². The van der Waals surface area contributed by atoms with Gasteiger partial charge in [-0.15, -0.1) is 0 Å². The predicted molar refractivity (Wildman–Crippen MR) is 191 cm³/mol. The molecule has 2 amide bonds. The molecule has 5 fully saturated rings. The van der Waals surface area contributed by atoms with Crippen molar-refractivity contribution in [3.63, 3.8) is 0 Å². The van der Waals surface area contributed by atoms with Crippen LogP contribution in [0, 0.1) is 33.5 Å². The molecule has 10 nitrogen and oxygen atoms in total. The average Bonchev–Trinajstić information content (AvgIpc) is 3.48. The molecule has 0 aromatic rings. The van der Waals surface area contributed by atoms with Crippen molar-refractivity contribution in [1.29, 1.82) is 0 Å². The fourth-order valence-electron chi connectivity index (χ4n) is 9.04. The third-order valence-electron chi connectivity index (χ3n) is 11.5. The van der Waals surface area contributed by atoms with E-state index in [0.717, 1.165) is 51.4 Å². The molecule has 4 unspecified atom stereocenters. The number of aliphatic hydroxyl groups is 6. The summed E-state index contributed by atoms with van der Waals surface area (Å²) in [4.78, 5) is 27.3. The fourth-order valence-corrected chi connectivity index (χ4v) is 9.04. The number of carbonyl (C=O) groups is 2. The van der Waals surface area contributed by atoms with Crippen molar-refractivity contribution in [2.75, 3.05) is 0 Å². The Kier molecular flexibility index (Phi) is 19.8. The van der Waals surface area contributed by atoms with Crippen LogP contribution in [0.2, 0.25) is 0 Å². The van der Waals surface area contributed by atoms with E-state index < -0.39 is 23.0 Å². The van der Waals surface area contributed by atoms with E-state index in [1.54, 1.807) is 55.4 Å². The Bertz CT molecular complexity index is 905. The van der Waals surface area contributed by atoms with Gasteiger partial charge in [0.15, 0.2) is 0 Å². The molecule has 0 aliphatic heterocycles. The maximum atomic E-state index is 13.7. The molecule has 4 bridgehead atoms. The molecule has 0 aromatic heterocycles. The van der Waals surface area contributed by atoms with Gasteiger partial charge in [-0.1, -0.05) is 40.5 Å². The summed E-state index contributed by atoms with van der Waals surface area (Å²) in [7, 11) is 0. The van der Waals surface area contributed by atoms with E-state index in [-0.39, 0.29) is 80.9 Å². The summed E-state index contributed by atoms with van der Waals surface area (Å²) in [6.45, 7) is 22.3. The second kappa shape index (κ2) is 20.0. The number of hydrogen-bond acceptors (Lipinski definition) is 8. The quantitative estimate of drug-likeness (QED) is 0.195. The molecule has 5 rings (SSSR count). The van der Waals surface area contributed by atoms with E-state index in [0.29, 0.717) is 24.7 Å². The molecule has 49 heavy (non-hydrogen) atoms. The number of rotatable bonds is 4. The molecule has 0 heterocycles. The first kappa shape index (κ1) is 48.4. The van der Waals surface area contributed by atoms with Crippen LogP contribution in [-0.4, -0.2) is 91.2 Å². The second-order valence-electron chi connectivity index (χ2n) is 17.2. The molecule has 8 atom stereocenters. The van der Waals surface area contributed by atoms with E-state index >= 15 is 0 Å². The van der Waals surface area contributed by atoms with E-state index in [9.17, 15) is 19.8 Å². The number of fused-ring (bicyclic) bond motifs is 4. The number of amides is 2. The first-order valence-corrected chi connectivity index (χ1v) is 18.6. The van der Waals surface area contributed by atoms with Crippen molar-refractivity contribution < 1.29 is 61.9 Å². The monoisotopic (exact) mass is 734 g/mol. The van der Waals surface area contributed by atoms with Crippen molar-refractivity contribution in [3.8, 4) is 0 Å². The first-order valence-electron chi connectivity index (χ1n) is 18.6. The molecular formula is C38H74N2O8Ti. The standard InChI is InChI=1S/C26H42N2O4.4C3H8O.Ti/c1-23(2)15-9-11-25(23,19(29)13-15)21(31)27-17-7-5-6-8-18(17)28-22(32)26-12-10-16(14-20(26)30)24(26,3)4;4*1-3(2)4;/h15-20,29-30H,5-14H2,1-4H3,(H,27,31)(H,28,32);4*3-4H,1-2H3;/t15?,16?,17-,18-,19-,20-,25?,26?;;;;;/m1...../s1. The van der Waals surface area contributed by atoms with Gasteiger partial charge in [0.1, 0.15) is 0 Å². The molecule has 0 spiro atoms. The zero-order valence-electron chi connectivity index (χ0n) is 32.8. The van der Waals surface area contributed by atoms with E-state index in [1.165, 1.54) is 0 Å². The molecule has 288 valence electrons. The van der Waals surface area contributed by atoms with Crippen LogP contribution < -0.4 is 10.6 Å². The SMILES string of the molecule is CC(C)O.CC(C)O.CC(C)O.CC(C)O.CC1(C)C2CCC1(C(=O)N[C@@H]1CCCC[C@H]1NC(=O)C13CCC(C[C@H]1O)C3(C)C)[C@H](O)C2.[Ti]. The normalized spacial score (nSPS) is 34.3. The van der Waals surface area contributed by atoms with E-state index in [2.05, 4.69) is 38.3 Å². The van der Waals surface area contributed by atoms with Gasteiger partial charge in [-0.2, -0.15) is 0 Å². The second-order valence-corrected chi connectivity index (χ2v) is 17.2. The summed E-state index contributed by atoms with van der Waals surface area (Å²) in [5.41, 5.74) is -1.85. The molecule has 8 N–H and O–H groups in total. The molecule has 11 heteroatoms. The smallest absolute Gasteiger partial charge is 0.229 e. The summed E-state index contributed by atoms with van der Waals surface area (Å²) < 4.78 is 0. The molecule has 5 aliphatic rings. The Morgan fingerprint density at radius 3 is 0.980 bits per heavy atom. The number of aliphatic hydroxyl groups excluding tert-OH is 6. The third kappa shape index (κ3) is 11.5. The summed E-state index contributed by atoms with van der Waals surface area (Å²) in [5, 5.41) is 60.6. The van der Waals surface area contributed by atoms with Crippen molar-refractivity contribution in [2.45, 2.75) is 196 Å². The van der Waals surface area contributed by atoms with Crippen molar-refractivity contribution >= 4 is 11.8 Å². The van der Waals surface area contributed by atoms with E-state index in [1.807, 2.05) is 0 Å². The van der Waals surface area contributed by atoms with Gasteiger partial charge in [-0.25, -0.2) is 0 Å². The number of carbonyl (C=O) groups excluding carboxylic acids is 2. The summed E-state index contributed by atoms with van der Waals surface area (Å²) in [6, 6.07) is -0.236. The van der Waals surface area contributed by atoms with Gasteiger partial charge in [-0.05, 0) is 129 Å². The molecular weight excluding hydrogens is 660 g/mol. The van der Waals surface area contributed by atoms with Crippen LogP contribution in [0.3, 0.4) is 0 Å². The van der Waals surface area contributed by atoms with E-state index in [4.69, 9.17) is 20.4 Å². The Hall–Kier alpha value is -0.586. The van der Waals surface area contributed by atoms with Gasteiger partial charge < -0.3 is 41.3 Å². The number of hydrogen-bond donors (Lipinski definition) is 8. The van der Waals surface area contributed by atoms with Crippen LogP contribution in [0.5, 0.6) is 0 Å². The van der Waals surface area contributed by atoms with Gasteiger partial charge in [0.25, 0.3) is 0 Å². The van der Waals surface area contributed by atoms with Crippen LogP contribution in [0.4, 0.5) is 0 Å². The fraction of sp³-hybridized carbons (Fsp3) is 0.947. The Labute approximate surface area is 312 Å². The van der Waals surface area contributed by atoms with Crippen molar-refractivity contribution in [2.24, 2.45) is 33.5 Å². The van der Waals surface area contributed by atoms with Crippen LogP contribution in [-0.2, 0) is 31.3 Å². The minimum absolute atomic E-state index is 0.